The summed E-state index contributed by atoms with van der Waals surface area (Å²) in [4.78, 5) is 30.9. The Kier molecular flexibility index (Phi) is 8.06. The summed E-state index contributed by atoms with van der Waals surface area (Å²) >= 11 is 0. The van der Waals surface area contributed by atoms with Crippen molar-refractivity contribution in [3.05, 3.63) is 29.6 Å². The van der Waals surface area contributed by atoms with Crippen LogP contribution < -0.4 is 0 Å². The van der Waals surface area contributed by atoms with Crippen LogP contribution >= 0.6 is 0 Å². The van der Waals surface area contributed by atoms with Gasteiger partial charge in [0.1, 0.15) is 24.4 Å². The highest BCUT2D eigenvalue weighted by atomic mass is 16.6. The molecule has 0 bridgehead atoms. The smallest absolute Gasteiger partial charge is 0.309 e. The lowest BCUT2D eigenvalue weighted by Crippen LogP contribution is -2.45. The van der Waals surface area contributed by atoms with E-state index in [1.807, 2.05) is 32.0 Å². The second-order valence-electron chi connectivity index (χ2n) is 12.1. The van der Waals surface area contributed by atoms with Gasteiger partial charge in [0.2, 0.25) is 0 Å². The van der Waals surface area contributed by atoms with E-state index in [4.69, 9.17) is 9.47 Å². The quantitative estimate of drug-likeness (QED) is 0.396. The zero-order valence-corrected chi connectivity index (χ0v) is 23.3. The minimum atomic E-state index is -1.27. The van der Waals surface area contributed by atoms with Gasteiger partial charge in [-0.25, -0.2) is 4.98 Å². The summed E-state index contributed by atoms with van der Waals surface area (Å²) in [5, 5.41) is 31.5. The number of aromatic nitrogens is 2. The fraction of sp³-hybridized carbons (Fsp3) is 0.690. The molecule has 0 amide bonds. The molecule has 2 fully saturated rings. The third kappa shape index (κ3) is 5.52. The van der Waals surface area contributed by atoms with Crippen molar-refractivity contribution in [1.29, 1.82) is 0 Å². The van der Waals surface area contributed by atoms with Crippen molar-refractivity contribution < 1.29 is 34.4 Å². The Balaban J connectivity index is 1.63. The summed E-state index contributed by atoms with van der Waals surface area (Å²) in [5.41, 5.74) is 0.626. The zero-order valence-electron chi connectivity index (χ0n) is 23.3. The number of aryl methyl sites for hydroxylation is 1. The van der Waals surface area contributed by atoms with Crippen LogP contribution in [-0.2, 0) is 25.8 Å². The standard InChI is InChI=1S/C29H42N2O7/c1-16-8-7-11-29(6)24(38-29)13-22(19-9-10-21-20(12-19)30-18(3)31(21)15-32)37-25(34)14-23(33)28(4,5)27(36)17(2)26(16)35/h9-10,12,16-17,22-24,26,32-33,35H,7-8,11,13-15H2,1-6H3/t16?,17?,22-,23?,24-,26-,29+/m0/s1. The molecule has 0 radical (unpaired) electrons. The number of esters is 1. The zero-order chi connectivity index (χ0) is 28.0. The molecule has 2 aromatic rings. The summed E-state index contributed by atoms with van der Waals surface area (Å²) in [6.07, 6.45) is -0.385. The van der Waals surface area contributed by atoms with Gasteiger partial charge in [-0.05, 0) is 50.3 Å². The number of carbonyl (C=O) groups excluding carboxylic acids is 2. The van der Waals surface area contributed by atoms with Gasteiger partial charge in [0.25, 0.3) is 0 Å². The molecule has 2 aliphatic heterocycles. The number of nitrogens with zero attached hydrogens (tertiary/aromatic N) is 2. The number of ketones is 1. The molecule has 3 unspecified atom stereocenters. The maximum absolute atomic E-state index is 13.3. The Morgan fingerprint density at radius 2 is 1.87 bits per heavy atom. The number of hydrogen-bond acceptors (Lipinski definition) is 8. The third-order valence-corrected chi connectivity index (χ3v) is 8.88. The van der Waals surface area contributed by atoms with Crippen molar-refractivity contribution in [3.63, 3.8) is 0 Å². The van der Waals surface area contributed by atoms with Gasteiger partial charge in [-0.3, -0.25) is 9.59 Å². The molecule has 2 saturated heterocycles. The maximum Gasteiger partial charge on any atom is 0.309 e. The largest absolute Gasteiger partial charge is 0.457 e. The second kappa shape index (κ2) is 10.7. The van der Waals surface area contributed by atoms with Crippen LogP contribution in [0.5, 0.6) is 0 Å². The van der Waals surface area contributed by atoms with Crippen LogP contribution in [0.1, 0.15) is 84.2 Å². The summed E-state index contributed by atoms with van der Waals surface area (Å²) < 4.78 is 13.7. The lowest BCUT2D eigenvalue weighted by Gasteiger charge is -2.34. The van der Waals surface area contributed by atoms with Crippen LogP contribution in [0, 0.1) is 24.2 Å². The summed E-state index contributed by atoms with van der Waals surface area (Å²) in [7, 11) is 0. The van der Waals surface area contributed by atoms with Gasteiger partial charge in [0.15, 0.2) is 0 Å². The number of ether oxygens (including phenoxy) is 2. The first-order valence-corrected chi connectivity index (χ1v) is 13.6. The van der Waals surface area contributed by atoms with E-state index in [1.54, 1.807) is 25.3 Å². The van der Waals surface area contributed by atoms with E-state index >= 15 is 0 Å². The minimum Gasteiger partial charge on any atom is -0.457 e. The maximum atomic E-state index is 13.3. The van der Waals surface area contributed by atoms with Gasteiger partial charge in [-0.1, -0.05) is 40.2 Å². The van der Waals surface area contributed by atoms with E-state index in [1.165, 1.54) is 0 Å². The predicted octanol–water partition coefficient (Wildman–Crippen LogP) is 3.59. The van der Waals surface area contributed by atoms with Crippen molar-refractivity contribution in [2.75, 3.05) is 0 Å². The number of benzene rings is 1. The molecular weight excluding hydrogens is 488 g/mol. The van der Waals surface area contributed by atoms with E-state index in [9.17, 15) is 24.9 Å². The van der Waals surface area contributed by atoms with Crippen LogP contribution in [0.3, 0.4) is 0 Å². The highest BCUT2D eigenvalue weighted by molar-refractivity contribution is 5.88. The van der Waals surface area contributed by atoms with Crippen molar-refractivity contribution in [1.82, 2.24) is 9.55 Å². The molecule has 0 spiro atoms. The number of cyclic esters (lactones) is 1. The molecule has 1 aromatic heterocycles. The van der Waals surface area contributed by atoms with Crippen molar-refractivity contribution in [2.24, 2.45) is 17.3 Å². The number of aliphatic hydroxyl groups excluding tert-OH is 3. The molecule has 7 atom stereocenters. The number of epoxide rings is 1. The molecule has 0 saturated carbocycles. The van der Waals surface area contributed by atoms with Crippen molar-refractivity contribution in [3.8, 4) is 0 Å². The third-order valence-electron chi connectivity index (χ3n) is 8.88. The Bertz CT molecular complexity index is 1190. The summed E-state index contributed by atoms with van der Waals surface area (Å²) in [5.74, 6) is -0.991. The fourth-order valence-corrected chi connectivity index (χ4v) is 5.87. The minimum absolute atomic E-state index is 0.0952. The van der Waals surface area contributed by atoms with Crippen LogP contribution in [0.4, 0.5) is 0 Å². The van der Waals surface area contributed by atoms with Crippen LogP contribution in [-0.4, -0.2) is 60.5 Å². The van der Waals surface area contributed by atoms with Gasteiger partial charge < -0.3 is 29.4 Å². The topological polar surface area (TPSA) is 134 Å². The average Bonchev–Trinajstić information content (AvgIpc) is 3.37. The molecule has 210 valence electrons. The second-order valence-corrected chi connectivity index (χ2v) is 12.1. The number of fused-ring (bicyclic) bond motifs is 2. The number of imidazole rings is 1. The molecular formula is C29H42N2O7. The normalized spacial score (nSPS) is 35.1. The monoisotopic (exact) mass is 530 g/mol. The molecule has 3 N–H and O–H groups in total. The van der Waals surface area contributed by atoms with Crippen LogP contribution in [0.2, 0.25) is 0 Å². The van der Waals surface area contributed by atoms with Crippen molar-refractivity contribution in [2.45, 2.75) is 110 Å². The average molecular weight is 531 g/mol. The first-order chi connectivity index (χ1) is 17.8. The summed E-state index contributed by atoms with van der Waals surface area (Å²) in [6, 6.07) is 5.57. The van der Waals surface area contributed by atoms with E-state index in [2.05, 4.69) is 11.9 Å². The molecule has 1 aromatic carbocycles. The van der Waals surface area contributed by atoms with Gasteiger partial charge in [-0.15, -0.1) is 0 Å². The molecule has 9 nitrogen and oxygen atoms in total. The van der Waals surface area contributed by atoms with Gasteiger partial charge >= 0.3 is 5.97 Å². The molecule has 9 heteroatoms. The number of rotatable bonds is 2. The SMILES string of the molecule is Cc1nc2cc([C@@H]3C[C@@H]4O[C@]4(C)CCCC(C)[C@H](O)C(C)C(=O)C(C)(C)C(O)CC(=O)O3)ccc2n1CO. The van der Waals surface area contributed by atoms with E-state index in [-0.39, 0.29) is 36.6 Å². The summed E-state index contributed by atoms with van der Waals surface area (Å²) in [6.45, 7) is 10.5. The molecule has 2 aliphatic rings. The first-order valence-electron chi connectivity index (χ1n) is 13.6. The molecule has 3 heterocycles. The number of aliphatic hydroxyl groups is 3. The number of carbonyl (C=O) groups is 2. The number of Topliss-reactive ketones (excluding diaryl/α,β-unsaturated/α-hetero) is 1. The lowest BCUT2D eigenvalue weighted by atomic mass is 9.73. The molecule has 0 aliphatic carbocycles. The van der Waals surface area contributed by atoms with Gasteiger partial charge in [0, 0.05) is 12.3 Å². The highest BCUT2D eigenvalue weighted by Crippen LogP contribution is 2.46. The van der Waals surface area contributed by atoms with Crippen LogP contribution in [0.25, 0.3) is 11.0 Å². The molecule has 38 heavy (non-hydrogen) atoms. The Morgan fingerprint density at radius 3 is 2.55 bits per heavy atom. The van der Waals surface area contributed by atoms with Gasteiger partial charge in [0.05, 0.1) is 46.8 Å². The predicted molar refractivity (Wildman–Crippen MR) is 141 cm³/mol. The fourth-order valence-electron chi connectivity index (χ4n) is 5.87. The Labute approximate surface area is 224 Å². The van der Waals surface area contributed by atoms with Crippen LogP contribution in [0.15, 0.2) is 18.2 Å². The Morgan fingerprint density at radius 1 is 1.16 bits per heavy atom. The highest BCUT2D eigenvalue weighted by Gasteiger charge is 2.53. The first kappa shape index (κ1) is 28.7. The van der Waals surface area contributed by atoms with Gasteiger partial charge in [-0.2, -0.15) is 0 Å². The molecule has 4 rings (SSSR count). The Hall–Kier alpha value is -2.33. The number of hydrogen-bond donors (Lipinski definition) is 3. The lowest BCUT2D eigenvalue weighted by molar-refractivity contribution is -0.156. The van der Waals surface area contributed by atoms with E-state index < -0.39 is 35.6 Å². The van der Waals surface area contributed by atoms with E-state index in [0.29, 0.717) is 17.8 Å². The van der Waals surface area contributed by atoms with E-state index in [0.717, 1.165) is 30.3 Å². The van der Waals surface area contributed by atoms with Crippen molar-refractivity contribution >= 4 is 22.8 Å².